The molecule has 0 aliphatic carbocycles. The van der Waals surface area contributed by atoms with Gasteiger partial charge in [0.1, 0.15) is 5.82 Å². The maximum atomic E-state index is 13.2. The second-order valence-electron chi connectivity index (χ2n) is 4.57. The molecule has 0 radical (unpaired) electrons. The van der Waals surface area contributed by atoms with Crippen LogP contribution in [0.15, 0.2) is 18.2 Å². The first kappa shape index (κ1) is 12.8. The fourth-order valence-corrected chi connectivity index (χ4v) is 1.26. The molecule has 1 nitrogen and oxygen atoms in total. The van der Waals surface area contributed by atoms with Gasteiger partial charge in [-0.1, -0.05) is 0 Å². The Morgan fingerprint density at radius 3 is 2.00 bits per heavy atom. The van der Waals surface area contributed by atoms with Gasteiger partial charge in [0.15, 0.2) is 0 Å². The van der Waals surface area contributed by atoms with Gasteiger partial charge in [-0.2, -0.15) is 13.2 Å². The highest BCUT2D eigenvalue weighted by atomic mass is 19.4. The fourth-order valence-electron chi connectivity index (χ4n) is 1.26. The van der Waals surface area contributed by atoms with Gasteiger partial charge in [0.25, 0.3) is 0 Å². The summed E-state index contributed by atoms with van der Waals surface area (Å²) in [6, 6.07) is 2.81. The van der Waals surface area contributed by atoms with Crippen molar-refractivity contribution >= 4 is 5.69 Å². The minimum Gasteiger partial charge on any atom is -0.380 e. The summed E-state index contributed by atoms with van der Waals surface area (Å²) in [5.74, 6) is -1.26. The second-order valence-corrected chi connectivity index (χ2v) is 4.57. The Morgan fingerprint density at radius 2 is 1.62 bits per heavy atom. The van der Waals surface area contributed by atoms with Crippen LogP contribution in [0.4, 0.5) is 23.2 Å². The molecule has 1 rings (SSSR count). The van der Waals surface area contributed by atoms with Crippen molar-refractivity contribution in [1.82, 2.24) is 0 Å². The highest BCUT2D eigenvalue weighted by molar-refractivity contribution is 5.47. The topological polar surface area (TPSA) is 12.0 Å². The molecule has 0 saturated carbocycles. The molecular formula is C11H13F4N. The van der Waals surface area contributed by atoms with Crippen LogP contribution in [0.2, 0.25) is 0 Å². The lowest BCUT2D eigenvalue weighted by molar-refractivity contribution is -0.139. The van der Waals surface area contributed by atoms with Crippen molar-refractivity contribution in [1.29, 1.82) is 0 Å². The maximum absolute atomic E-state index is 13.2. The van der Waals surface area contributed by atoms with Crippen molar-refractivity contribution in [3.8, 4) is 0 Å². The van der Waals surface area contributed by atoms with E-state index in [1.165, 1.54) is 6.07 Å². The molecule has 5 heteroatoms. The summed E-state index contributed by atoms with van der Waals surface area (Å²) in [6.07, 6.45) is -4.65. The molecule has 0 heterocycles. The highest BCUT2D eigenvalue weighted by Gasteiger charge is 2.34. The van der Waals surface area contributed by atoms with Gasteiger partial charge in [0, 0.05) is 11.2 Å². The Morgan fingerprint density at radius 1 is 1.06 bits per heavy atom. The summed E-state index contributed by atoms with van der Waals surface area (Å²) < 4.78 is 49.9. The molecule has 0 aromatic heterocycles. The average molecular weight is 235 g/mol. The molecule has 0 amide bonds. The molecular weight excluding hydrogens is 222 g/mol. The monoisotopic (exact) mass is 235 g/mol. The number of alkyl halides is 3. The minimum atomic E-state index is -4.65. The first-order valence-electron chi connectivity index (χ1n) is 4.74. The minimum absolute atomic E-state index is 0.327. The zero-order chi connectivity index (χ0) is 12.6. The standard InChI is InChI=1S/C11H13F4N/c1-10(2,3)16-7-4-5-8(9(12)6-7)11(13,14)15/h4-6,16H,1-3H3. The van der Waals surface area contributed by atoms with Gasteiger partial charge in [-0.15, -0.1) is 0 Å². The van der Waals surface area contributed by atoms with Gasteiger partial charge >= 0.3 is 6.18 Å². The molecule has 0 bridgehead atoms. The van der Waals surface area contributed by atoms with Gasteiger partial charge in [0.2, 0.25) is 0 Å². The molecule has 0 aliphatic heterocycles. The van der Waals surface area contributed by atoms with E-state index < -0.39 is 17.6 Å². The van der Waals surface area contributed by atoms with E-state index in [1.54, 1.807) is 0 Å². The van der Waals surface area contributed by atoms with E-state index in [-0.39, 0.29) is 5.54 Å². The molecule has 0 fully saturated rings. The summed E-state index contributed by atoms with van der Waals surface area (Å²) >= 11 is 0. The lowest BCUT2D eigenvalue weighted by Gasteiger charge is -2.22. The molecule has 0 spiro atoms. The SMILES string of the molecule is CC(C)(C)Nc1ccc(C(F)(F)F)c(F)c1. The molecule has 1 N–H and O–H groups in total. The van der Waals surface area contributed by atoms with E-state index in [4.69, 9.17) is 0 Å². The molecule has 0 unspecified atom stereocenters. The van der Waals surface area contributed by atoms with Crippen LogP contribution in [0.5, 0.6) is 0 Å². The van der Waals surface area contributed by atoms with Crippen molar-refractivity contribution in [2.24, 2.45) is 0 Å². The largest absolute Gasteiger partial charge is 0.419 e. The lowest BCUT2D eigenvalue weighted by Crippen LogP contribution is -2.26. The predicted molar refractivity (Wildman–Crippen MR) is 54.8 cm³/mol. The molecule has 16 heavy (non-hydrogen) atoms. The van der Waals surface area contributed by atoms with E-state index in [2.05, 4.69) is 5.32 Å². The number of nitrogens with one attached hydrogen (secondary N) is 1. The Bertz CT molecular complexity index is 377. The molecule has 0 aliphatic rings. The third kappa shape index (κ3) is 3.40. The third-order valence-electron chi connectivity index (χ3n) is 1.79. The van der Waals surface area contributed by atoms with Crippen LogP contribution in [0.25, 0.3) is 0 Å². The summed E-state index contributed by atoms with van der Waals surface area (Å²) in [5, 5.41) is 2.89. The maximum Gasteiger partial charge on any atom is 0.419 e. The summed E-state index contributed by atoms with van der Waals surface area (Å²) in [5.41, 5.74) is -1.24. The van der Waals surface area contributed by atoms with Crippen molar-refractivity contribution < 1.29 is 17.6 Å². The zero-order valence-corrected chi connectivity index (χ0v) is 9.24. The number of rotatable bonds is 1. The lowest BCUT2D eigenvalue weighted by atomic mass is 10.1. The smallest absolute Gasteiger partial charge is 0.380 e. The van der Waals surface area contributed by atoms with Crippen LogP contribution in [-0.4, -0.2) is 5.54 Å². The Kier molecular flexibility index (Phi) is 3.17. The normalized spacial score (nSPS) is 12.7. The Balaban J connectivity index is 3.01. The Hall–Kier alpha value is -1.26. The third-order valence-corrected chi connectivity index (χ3v) is 1.79. The van der Waals surface area contributed by atoms with Crippen LogP contribution in [-0.2, 0) is 6.18 Å². The van der Waals surface area contributed by atoms with Crippen LogP contribution in [0.3, 0.4) is 0 Å². The number of anilines is 1. The van der Waals surface area contributed by atoms with Crippen molar-refractivity contribution in [3.63, 3.8) is 0 Å². The number of halogens is 4. The molecule has 90 valence electrons. The van der Waals surface area contributed by atoms with Crippen LogP contribution < -0.4 is 5.32 Å². The van der Waals surface area contributed by atoms with E-state index in [0.29, 0.717) is 5.69 Å². The number of hydrogen-bond acceptors (Lipinski definition) is 1. The summed E-state index contributed by atoms with van der Waals surface area (Å²) in [4.78, 5) is 0. The van der Waals surface area contributed by atoms with Crippen LogP contribution >= 0.6 is 0 Å². The average Bonchev–Trinajstić information content (AvgIpc) is 1.97. The summed E-state index contributed by atoms with van der Waals surface area (Å²) in [6.45, 7) is 5.51. The first-order valence-corrected chi connectivity index (χ1v) is 4.74. The molecule has 1 aromatic carbocycles. The first-order chi connectivity index (χ1) is 7.09. The number of hydrogen-bond donors (Lipinski definition) is 1. The highest BCUT2D eigenvalue weighted by Crippen LogP contribution is 2.32. The van der Waals surface area contributed by atoms with Crippen LogP contribution in [0.1, 0.15) is 26.3 Å². The van der Waals surface area contributed by atoms with E-state index in [0.717, 1.165) is 12.1 Å². The van der Waals surface area contributed by atoms with E-state index in [9.17, 15) is 17.6 Å². The summed E-state index contributed by atoms with van der Waals surface area (Å²) in [7, 11) is 0. The van der Waals surface area contributed by atoms with Gasteiger partial charge in [0.05, 0.1) is 5.56 Å². The molecule has 0 atom stereocenters. The van der Waals surface area contributed by atoms with Crippen molar-refractivity contribution in [3.05, 3.63) is 29.6 Å². The fraction of sp³-hybridized carbons (Fsp3) is 0.455. The van der Waals surface area contributed by atoms with Crippen molar-refractivity contribution in [2.45, 2.75) is 32.5 Å². The number of benzene rings is 1. The van der Waals surface area contributed by atoms with Gasteiger partial charge in [-0.25, -0.2) is 4.39 Å². The van der Waals surface area contributed by atoms with E-state index >= 15 is 0 Å². The van der Waals surface area contributed by atoms with Gasteiger partial charge < -0.3 is 5.32 Å². The van der Waals surface area contributed by atoms with Gasteiger partial charge in [-0.3, -0.25) is 0 Å². The van der Waals surface area contributed by atoms with Crippen molar-refractivity contribution in [2.75, 3.05) is 5.32 Å². The second kappa shape index (κ2) is 3.96. The molecule has 1 aromatic rings. The Labute approximate surface area is 91.5 Å². The predicted octanol–water partition coefficient (Wildman–Crippen LogP) is 4.05. The molecule has 0 saturated heterocycles. The van der Waals surface area contributed by atoms with Crippen LogP contribution in [0, 0.1) is 5.82 Å². The van der Waals surface area contributed by atoms with E-state index in [1.807, 2.05) is 20.8 Å². The quantitative estimate of drug-likeness (QED) is 0.724. The van der Waals surface area contributed by atoms with Gasteiger partial charge in [-0.05, 0) is 39.0 Å². The zero-order valence-electron chi connectivity index (χ0n) is 9.24.